The van der Waals surface area contributed by atoms with Crippen molar-refractivity contribution < 1.29 is 14.6 Å². The van der Waals surface area contributed by atoms with Crippen molar-refractivity contribution >= 4 is 16.9 Å². The van der Waals surface area contributed by atoms with Crippen molar-refractivity contribution in [2.75, 3.05) is 19.2 Å². The number of ether oxygens (including phenoxy) is 1. The molecule has 0 saturated heterocycles. The van der Waals surface area contributed by atoms with E-state index in [1.807, 2.05) is 0 Å². The third-order valence-electron chi connectivity index (χ3n) is 0.828. The van der Waals surface area contributed by atoms with Gasteiger partial charge in [0.2, 0.25) is 0 Å². The number of carbonyl (C=O) groups is 1. The first kappa shape index (κ1) is 9.94. The van der Waals surface area contributed by atoms with Crippen LogP contribution in [0.3, 0.4) is 0 Å². The van der Waals surface area contributed by atoms with Crippen LogP contribution < -0.4 is 0 Å². The summed E-state index contributed by atoms with van der Waals surface area (Å²) in [5.74, 6) is 0.354. The van der Waals surface area contributed by atoms with Crippen LogP contribution in [-0.2, 0) is 9.53 Å². The lowest BCUT2D eigenvalue weighted by molar-refractivity contribution is -0.110. The highest BCUT2D eigenvalue weighted by Gasteiger charge is 1.96. The maximum absolute atomic E-state index is 10.6. The smallest absolute Gasteiger partial charge is 0.190 e. The summed E-state index contributed by atoms with van der Waals surface area (Å²) in [6.45, 7) is 2.13. The van der Waals surface area contributed by atoms with Gasteiger partial charge >= 0.3 is 0 Å². The molecule has 60 valence electrons. The van der Waals surface area contributed by atoms with E-state index in [2.05, 4.69) is 0 Å². The van der Waals surface area contributed by atoms with Gasteiger partial charge in [0.05, 0.1) is 19.2 Å². The third-order valence-corrected chi connectivity index (χ3v) is 1.72. The number of rotatable bonds is 5. The van der Waals surface area contributed by atoms with Gasteiger partial charge in [-0.05, 0) is 0 Å². The summed E-state index contributed by atoms with van der Waals surface area (Å²) in [4.78, 5) is 10.6. The second-order valence-corrected chi connectivity index (χ2v) is 2.60. The van der Waals surface area contributed by atoms with E-state index in [1.165, 1.54) is 0 Å². The van der Waals surface area contributed by atoms with Crippen LogP contribution in [0, 0.1) is 0 Å². The highest BCUT2D eigenvalue weighted by molar-refractivity contribution is 8.13. The average Bonchev–Trinajstić information content (AvgIpc) is 1.98. The Morgan fingerprint density at radius 2 is 2.40 bits per heavy atom. The molecule has 4 heteroatoms. The molecule has 0 aromatic rings. The second-order valence-electron chi connectivity index (χ2n) is 1.62. The predicted molar refractivity (Wildman–Crippen MR) is 40.8 cm³/mol. The van der Waals surface area contributed by atoms with Crippen LogP contribution >= 0.6 is 11.8 Å². The lowest BCUT2D eigenvalue weighted by Crippen LogP contribution is -2.00. The molecule has 0 aliphatic heterocycles. The van der Waals surface area contributed by atoms with Crippen LogP contribution in [0.4, 0.5) is 0 Å². The summed E-state index contributed by atoms with van der Waals surface area (Å²) >= 11 is 1.14. The van der Waals surface area contributed by atoms with Gasteiger partial charge in [0.1, 0.15) is 0 Å². The average molecular weight is 164 g/mol. The molecule has 0 aromatic carbocycles. The van der Waals surface area contributed by atoms with Gasteiger partial charge in [-0.2, -0.15) is 0 Å². The number of aliphatic hydroxyl groups is 1. The first-order valence-electron chi connectivity index (χ1n) is 3.15. The minimum absolute atomic E-state index is 0.0148. The quantitative estimate of drug-likeness (QED) is 0.478. The summed E-state index contributed by atoms with van der Waals surface area (Å²) in [7, 11) is 0. The van der Waals surface area contributed by atoms with Crippen molar-refractivity contribution in [1.82, 2.24) is 0 Å². The first-order valence-corrected chi connectivity index (χ1v) is 4.14. The summed E-state index contributed by atoms with van der Waals surface area (Å²) in [6, 6.07) is 0. The molecule has 0 aliphatic rings. The molecule has 0 bridgehead atoms. The first-order chi connectivity index (χ1) is 4.81. The fourth-order valence-corrected chi connectivity index (χ4v) is 0.870. The highest BCUT2D eigenvalue weighted by Crippen LogP contribution is 2.03. The van der Waals surface area contributed by atoms with Gasteiger partial charge < -0.3 is 9.84 Å². The van der Waals surface area contributed by atoms with Gasteiger partial charge in [0.15, 0.2) is 5.12 Å². The van der Waals surface area contributed by atoms with Gasteiger partial charge in [-0.25, -0.2) is 0 Å². The molecule has 0 unspecified atom stereocenters. The Morgan fingerprint density at radius 3 is 2.90 bits per heavy atom. The monoisotopic (exact) mass is 164 g/mol. The molecular weight excluding hydrogens is 152 g/mol. The van der Waals surface area contributed by atoms with Crippen molar-refractivity contribution in [3.63, 3.8) is 0 Å². The molecule has 10 heavy (non-hydrogen) atoms. The van der Waals surface area contributed by atoms with E-state index < -0.39 is 0 Å². The van der Waals surface area contributed by atoms with Crippen molar-refractivity contribution in [3.05, 3.63) is 0 Å². The van der Waals surface area contributed by atoms with E-state index in [0.717, 1.165) is 11.8 Å². The van der Waals surface area contributed by atoms with E-state index in [1.54, 1.807) is 6.92 Å². The van der Waals surface area contributed by atoms with Gasteiger partial charge in [-0.1, -0.05) is 18.7 Å². The zero-order chi connectivity index (χ0) is 7.82. The van der Waals surface area contributed by atoms with Crippen LogP contribution in [0.25, 0.3) is 0 Å². The second kappa shape index (κ2) is 7.05. The molecule has 0 atom stereocenters. The van der Waals surface area contributed by atoms with E-state index in [0.29, 0.717) is 19.0 Å². The standard InChI is InChI=1S/C6H12O3S/c1-2-6(8)10-5-9-4-3-7/h7H,2-5H2,1H3. The minimum Gasteiger partial charge on any atom is -0.394 e. The fourth-order valence-electron chi connectivity index (χ4n) is 0.333. The van der Waals surface area contributed by atoms with E-state index in [4.69, 9.17) is 9.84 Å². The van der Waals surface area contributed by atoms with E-state index >= 15 is 0 Å². The summed E-state index contributed by atoms with van der Waals surface area (Å²) in [5, 5.41) is 8.39. The topological polar surface area (TPSA) is 46.5 Å². The number of hydrogen-bond acceptors (Lipinski definition) is 4. The molecule has 3 nitrogen and oxygen atoms in total. The fraction of sp³-hybridized carbons (Fsp3) is 0.833. The molecule has 0 radical (unpaired) electrons. The van der Waals surface area contributed by atoms with Crippen LogP contribution in [-0.4, -0.2) is 29.4 Å². The Balaban J connectivity index is 2.96. The van der Waals surface area contributed by atoms with E-state index in [-0.39, 0.29) is 11.7 Å². The summed E-state index contributed by atoms with van der Waals surface area (Å²) in [5.41, 5.74) is 0. The van der Waals surface area contributed by atoms with Crippen LogP contribution in [0.5, 0.6) is 0 Å². The molecule has 0 spiro atoms. The van der Waals surface area contributed by atoms with Gasteiger partial charge in [0.25, 0.3) is 0 Å². The highest BCUT2D eigenvalue weighted by atomic mass is 32.2. The molecule has 1 N–H and O–H groups in total. The third kappa shape index (κ3) is 6.07. The molecular formula is C6H12O3S. The SMILES string of the molecule is CCC(=O)SCOCCO. The maximum Gasteiger partial charge on any atom is 0.190 e. The Labute approximate surface area is 64.8 Å². The van der Waals surface area contributed by atoms with Gasteiger partial charge in [0, 0.05) is 6.42 Å². The number of hydrogen-bond donors (Lipinski definition) is 1. The van der Waals surface area contributed by atoms with Gasteiger partial charge in [-0.15, -0.1) is 0 Å². The van der Waals surface area contributed by atoms with Crippen molar-refractivity contribution in [2.24, 2.45) is 0 Å². The molecule has 0 rings (SSSR count). The van der Waals surface area contributed by atoms with Gasteiger partial charge in [-0.3, -0.25) is 4.79 Å². The van der Waals surface area contributed by atoms with Crippen LogP contribution in [0.2, 0.25) is 0 Å². The largest absolute Gasteiger partial charge is 0.394 e. The minimum atomic E-state index is 0.0148. The molecule has 0 fully saturated rings. The number of aliphatic hydroxyl groups excluding tert-OH is 1. The zero-order valence-corrected chi connectivity index (χ0v) is 6.82. The Hall–Kier alpha value is -0.0600. The molecule has 0 saturated carbocycles. The molecule has 0 heterocycles. The Bertz CT molecular complexity index is 95.0. The van der Waals surface area contributed by atoms with Crippen LogP contribution in [0.1, 0.15) is 13.3 Å². The van der Waals surface area contributed by atoms with E-state index in [9.17, 15) is 4.79 Å². The Kier molecular flexibility index (Phi) is 7.01. The lowest BCUT2D eigenvalue weighted by Gasteiger charge is -1.98. The molecule has 0 amide bonds. The lowest BCUT2D eigenvalue weighted by atomic mass is 10.6. The number of carbonyl (C=O) groups excluding carboxylic acids is 1. The summed E-state index contributed by atoms with van der Waals surface area (Å²) < 4.78 is 4.85. The predicted octanol–water partition coefficient (Wildman–Crippen LogP) is 0.623. The molecule has 0 aromatic heterocycles. The van der Waals surface area contributed by atoms with Crippen molar-refractivity contribution in [2.45, 2.75) is 13.3 Å². The van der Waals surface area contributed by atoms with Crippen LogP contribution in [0.15, 0.2) is 0 Å². The van der Waals surface area contributed by atoms with Crippen molar-refractivity contribution in [1.29, 1.82) is 0 Å². The maximum atomic E-state index is 10.6. The van der Waals surface area contributed by atoms with Crippen molar-refractivity contribution in [3.8, 4) is 0 Å². The summed E-state index contributed by atoms with van der Waals surface area (Å²) in [6.07, 6.45) is 0.535. The number of thioether (sulfide) groups is 1. The Morgan fingerprint density at radius 1 is 1.70 bits per heavy atom. The molecule has 0 aliphatic carbocycles. The zero-order valence-electron chi connectivity index (χ0n) is 6.00. The normalized spacial score (nSPS) is 9.80.